The van der Waals surface area contributed by atoms with Crippen molar-refractivity contribution in [3.63, 3.8) is 0 Å². The molecule has 0 bridgehead atoms. The van der Waals surface area contributed by atoms with Crippen LogP contribution in [0.3, 0.4) is 0 Å². The quantitative estimate of drug-likeness (QED) is 0.655. The fourth-order valence-corrected chi connectivity index (χ4v) is 2.13. The number of nitrogens with one attached hydrogen (secondary N) is 1. The number of amides is 1. The number of rotatable bonds is 5. The summed E-state index contributed by atoms with van der Waals surface area (Å²) in [6, 6.07) is 9.99. The van der Waals surface area contributed by atoms with Crippen LogP contribution in [0.5, 0.6) is 0 Å². The van der Waals surface area contributed by atoms with Gasteiger partial charge in [0.15, 0.2) is 0 Å². The minimum atomic E-state index is -0.742. The van der Waals surface area contributed by atoms with E-state index < -0.39 is 28.6 Å². The first-order chi connectivity index (χ1) is 11.4. The van der Waals surface area contributed by atoms with E-state index in [9.17, 15) is 19.7 Å². The van der Waals surface area contributed by atoms with Crippen LogP contribution >= 0.6 is 0 Å². The Kier molecular flexibility index (Phi) is 5.06. The molecule has 0 spiro atoms. The predicted octanol–water partition coefficient (Wildman–Crippen LogP) is 1.25. The summed E-state index contributed by atoms with van der Waals surface area (Å²) < 4.78 is 0.865. The number of aromatic nitrogens is 1. The summed E-state index contributed by atoms with van der Waals surface area (Å²) >= 11 is 0. The molecule has 0 atom stereocenters. The normalized spacial score (nSPS) is 10.0. The van der Waals surface area contributed by atoms with Gasteiger partial charge in [0.1, 0.15) is 18.2 Å². The number of nitriles is 1. The smallest absolute Gasteiger partial charge is 0.287 e. The van der Waals surface area contributed by atoms with Gasteiger partial charge in [-0.3, -0.25) is 24.3 Å². The molecule has 1 aromatic carbocycles. The maximum atomic E-state index is 12.0. The second-order valence-corrected chi connectivity index (χ2v) is 5.12. The van der Waals surface area contributed by atoms with Gasteiger partial charge in [0.2, 0.25) is 5.91 Å². The fraction of sp³-hybridized carbons (Fsp3) is 0.188. The number of aryl methyl sites for hydroxylation is 1. The van der Waals surface area contributed by atoms with Crippen LogP contribution in [0.25, 0.3) is 0 Å². The van der Waals surface area contributed by atoms with Gasteiger partial charge in [-0.2, -0.15) is 5.26 Å². The van der Waals surface area contributed by atoms with Crippen LogP contribution in [0.1, 0.15) is 16.7 Å². The average Bonchev–Trinajstić information content (AvgIpc) is 2.55. The van der Waals surface area contributed by atoms with E-state index in [2.05, 4.69) is 5.32 Å². The Balaban J connectivity index is 2.16. The number of hydrogen-bond donors (Lipinski definition) is 1. The molecule has 8 heteroatoms. The molecule has 0 saturated heterocycles. The average molecular weight is 326 g/mol. The number of nitro groups is 1. The van der Waals surface area contributed by atoms with Gasteiger partial charge in [-0.15, -0.1) is 0 Å². The van der Waals surface area contributed by atoms with Crippen molar-refractivity contribution in [3.05, 3.63) is 73.7 Å². The van der Waals surface area contributed by atoms with Gasteiger partial charge in [-0.25, -0.2) is 0 Å². The summed E-state index contributed by atoms with van der Waals surface area (Å²) in [5.41, 5.74) is 0.398. The number of carbonyl (C=O) groups excluding carboxylic acids is 1. The van der Waals surface area contributed by atoms with Crippen LogP contribution in [-0.4, -0.2) is 15.4 Å². The lowest BCUT2D eigenvalue weighted by Crippen LogP contribution is -2.33. The highest BCUT2D eigenvalue weighted by Crippen LogP contribution is 2.10. The van der Waals surface area contributed by atoms with E-state index in [0.29, 0.717) is 0 Å². The van der Waals surface area contributed by atoms with E-state index >= 15 is 0 Å². The van der Waals surface area contributed by atoms with Crippen LogP contribution in [-0.2, 0) is 17.9 Å². The Bertz CT molecular complexity index is 896. The Morgan fingerprint density at radius 3 is 2.75 bits per heavy atom. The van der Waals surface area contributed by atoms with Crippen LogP contribution < -0.4 is 10.9 Å². The maximum Gasteiger partial charge on any atom is 0.287 e. The molecule has 1 amide bonds. The van der Waals surface area contributed by atoms with Gasteiger partial charge in [0, 0.05) is 12.6 Å². The first kappa shape index (κ1) is 16.9. The number of nitrogens with zero attached hydrogens (tertiary/aromatic N) is 3. The molecule has 0 aliphatic rings. The number of carbonyl (C=O) groups is 1. The van der Waals surface area contributed by atoms with E-state index in [-0.39, 0.29) is 12.1 Å². The molecule has 1 N–H and O–H groups in total. The van der Waals surface area contributed by atoms with Crippen molar-refractivity contribution in [1.29, 1.82) is 5.26 Å². The molecule has 0 aliphatic carbocycles. The van der Waals surface area contributed by atoms with E-state index in [1.54, 1.807) is 6.07 Å². The van der Waals surface area contributed by atoms with E-state index in [4.69, 9.17) is 5.26 Å². The first-order valence-electron chi connectivity index (χ1n) is 7.02. The standard InChI is InChI=1S/C16H14N4O4/c1-11-4-2-3-5-12(11)8-18-15(21)10-19-9-14(20(23)24)6-13(7-17)16(19)22/h2-6,9H,8,10H2,1H3,(H,18,21). The highest BCUT2D eigenvalue weighted by molar-refractivity contribution is 5.75. The molecule has 0 radical (unpaired) electrons. The van der Waals surface area contributed by atoms with Crippen molar-refractivity contribution in [2.75, 3.05) is 0 Å². The van der Waals surface area contributed by atoms with Crippen molar-refractivity contribution in [2.24, 2.45) is 0 Å². The highest BCUT2D eigenvalue weighted by atomic mass is 16.6. The van der Waals surface area contributed by atoms with Crippen molar-refractivity contribution < 1.29 is 9.72 Å². The highest BCUT2D eigenvalue weighted by Gasteiger charge is 2.15. The van der Waals surface area contributed by atoms with Gasteiger partial charge in [0.05, 0.1) is 11.1 Å². The summed E-state index contributed by atoms with van der Waals surface area (Å²) in [5, 5.41) is 22.4. The molecule has 0 aliphatic heterocycles. The zero-order valence-electron chi connectivity index (χ0n) is 12.9. The molecular formula is C16H14N4O4. The SMILES string of the molecule is Cc1ccccc1CNC(=O)Cn1cc([N+](=O)[O-])cc(C#N)c1=O. The van der Waals surface area contributed by atoms with E-state index in [1.165, 1.54) is 0 Å². The summed E-state index contributed by atoms with van der Waals surface area (Å²) in [6.45, 7) is 1.78. The van der Waals surface area contributed by atoms with Crippen LogP contribution in [0.15, 0.2) is 41.3 Å². The molecule has 0 fully saturated rings. The van der Waals surface area contributed by atoms with Gasteiger partial charge < -0.3 is 5.32 Å². The van der Waals surface area contributed by atoms with Crippen LogP contribution in [0.2, 0.25) is 0 Å². The predicted molar refractivity (Wildman–Crippen MR) is 85.1 cm³/mol. The lowest BCUT2D eigenvalue weighted by Gasteiger charge is -2.09. The monoisotopic (exact) mass is 326 g/mol. The zero-order valence-corrected chi connectivity index (χ0v) is 12.9. The van der Waals surface area contributed by atoms with Gasteiger partial charge in [0.25, 0.3) is 11.2 Å². The largest absolute Gasteiger partial charge is 0.350 e. The summed E-state index contributed by atoms with van der Waals surface area (Å²) in [5.74, 6) is -0.482. The van der Waals surface area contributed by atoms with Crippen molar-refractivity contribution >= 4 is 11.6 Å². The van der Waals surface area contributed by atoms with Gasteiger partial charge in [-0.1, -0.05) is 24.3 Å². The zero-order chi connectivity index (χ0) is 17.7. The van der Waals surface area contributed by atoms with Crippen molar-refractivity contribution in [3.8, 4) is 6.07 Å². The third-order valence-corrected chi connectivity index (χ3v) is 3.45. The summed E-state index contributed by atoms with van der Waals surface area (Å²) in [6.07, 6.45) is 0.955. The Morgan fingerprint density at radius 1 is 1.42 bits per heavy atom. The van der Waals surface area contributed by atoms with E-state index in [1.807, 2.05) is 31.2 Å². The molecule has 1 aromatic heterocycles. The Hall–Kier alpha value is -3.47. The number of hydrogen-bond acceptors (Lipinski definition) is 5. The van der Waals surface area contributed by atoms with Crippen LogP contribution in [0.4, 0.5) is 5.69 Å². The van der Waals surface area contributed by atoms with Crippen molar-refractivity contribution in [1.82, 2.24) is 9.88 Å². The lowest BCUT2D eigenvalue weighted by molar-refractivity contribution is -0.385. The fourth-order valence-electron chi connectivity index (χ4n) is 2.13. The molecule has 2 rings (SSSR count). The van der Waals surface area contributed by atoms with Crippen molar-refractivity contribution in [2.45, 2.75) is 20.0 Å². The first-order valence-corrected chi connectivity index (χ1v) is 7.02. The van der Waals surface area contributed by atoms with Gasteiger partial charge in [-0.05, 0) is 18.1 Å². The van der Waals surface area contributed by atoms with Gasteiger partial charge >= 0.3 is 0 Å². The minimum absolute atomic E-state index is 0.278. The minimum Gasteiger partial charge on any atom is -0.350 e. The van der Waals surface area contributed by atoms with Crippen LogP contribution in [0, 0.1) is 28.4 Å². The second kappa shape index (κ2) is 7.19. The molecule has 24 heavy (non-hydrogen) atoms. The topological polar surface area (TPSA) is 118 Å². The Labute approximate surface area is 137 Å². The maximum absolute atomic E-state index is 12.0. The molecule has 2 aromatic rings. The summed E-state index contributed by atoms with van der Waals surface area (Å²) in [4.78, 5) is 34.1. The number of benzene rings is 1. The number of pyridine rings is 1. The molecular weight excluding hydrogens is 312 g/mol. The lowest BCUT2D eigenvalue weighted by atomic mass is 10.1. The molecule has 0 saturated carbocycles. The molecule has 0 unspecified atom stereocenters. The third-order valence-electron chi connectivity index (χ3n) is 3.45. The molecule has 122 valence electrons. The summed E-state index contributed by atoms with van der Waals surface area (Å²) in [7, 11) is 0. The molecule has 8 nitrogen and oxygen atoms in total. The second-order valence-electron chi connectivity index (χ2n) is 5.12. The third kappa shape index (κ3) is 3.84. The Morgan fingerprint density at radius 2 is 2.12 bits per heavy atom. The molecule has 1 heterocycles. The van der Waals surface area contributed by atoms with E-state index in [0.717, 1.165) is 28.0 Å².